The van der Waals surface area contributed by atoms with Crippen molar-refractivity contribution in [3.8, 4) is 11.5 Å². The third kappa shape index (κ3) is 3.87. The summed E-state index contributed by atoms with van der Waals surface area (Å²) in [6, 6.07) is 16.7. The molecule has 156 valence electrons. The second-order valence-electron chi connectivity index (χ2n) is 8.30. The summed E-state index contributed by atoms with van der Waals surface area (Å²) >= 11 is 5.49. The summed E-state index contributed by atoms with van der Waals surface area (Å²) in [5.74, 6) is 2.03. The summed E-state index contributed by atoms with van der Waals surface area (Å²) in [5, 5.41) is 12.1. The van der Waals surface area contributed by atoms with Gasteiger partial charge in [-0.2, -0.15) is 5.10 Å². The van der Waals surface area contributed by atoms with Crippen LogP contribution < -0.4 is 10.6 Å². The molecule has 2 bridgehead atoms. The van der Waals surface area contributed by atoms with Crippen molar-refractivity contribution < 1.29 is 4.42 Å². The van der Waals surface area contributed by atoms with Gasteiger partial charge in [-0.05, 0) is 67.9 Å². The molecule has 2 aromatic heterocycles. The van der Waals surface area contributed by atoms with E-state index in [4.69, 9.17) is 21.7 Å². The fraction of sp³-hybridized carbons (Fsp3) is 0.391. The van der Waals surface area contributed by atoms with Crippen LogP contribution in [0.2, 0.25) is 0 Å². The maximum atomic E-state index is 5.54. The van der Waals surface area contributed by atoms with Crippen LogP contribution in [0.3, 0.4) is 0 Å². The lowest BCUT2D eigenvalue weighted by Gasteiger charge is -2.50. The number of furan rings is 1. The first-order valence-corrected chi connectivity index (χ1v) is 11.0. The number of piperidine rings is 3. The summed E-state index contributed by atoms with van der Waals surface area (Å²) < 4.78 is 7.58. The van der Waals surface area contributed by atoms with Gasteiger partial charge in [0.15, 0.2) is 10.9 Å². The molecule has 5 heterocycles. The van der Waals surface area contributed by atoms with E-state index < -0.39 is 0 Å². The van der Waals surface area contributed by atoms with Crippen molar-refractivity contribution in [3.05, 3.63) is 60.5 Å². The van der Waals surface area contributed by atoms with Gasteiger partial charge in [-0.15, -0.1) is 0 Å². The minimum atomic E-state index is 0.519. The highest BCUT2D eigenvalue weighted by molar-refractivity contribution is 7.80. The Bertz CT molecular complexity index is 1000. The van der Waals surface area contributed by atoms with Gasteiger partial charge in [0.25, 0.3) is 0 Å². The Morgan fingerprint density at radius 2 is 2.10 bits per heavy atom. The van der Waals surface area contributed by atoms with Crippen LogP contribution in [0.1, 0.15) is 24.5 Å². The van der Waals surface area contributed by atoms with Crippen LogP contribution in [0.5, 0.6) is 0 Å². The highest BCUT2D eigenvalue weighted by Crippen LogP contribution is 2.42. The third-order valence-corrected chi connectivity index (χ3v) is 6.72. The van der Waals surface area contributed by atoms with Gasteiger partial charge >= 0.3 is 0 Å². The molecule has 1 unspecified atom stereocenters. The molecule has 3 aliphatic heterocycles. The molecule has 0 spiro atoms. The summed E-state index contributed by atoms with van der Waals surface area (Å²) in [6.07, 6.45) is 4.13. The Kier molecular flexibility index (Phi) is 5.31. The van der Waals surface area contributed by atoms with Crippen LogP contribution in [0.15, 0.2) is 59.2 Å². The molecule has 4 atom stereocenters. The third-order valence-electron chi connectivity index (χ3n) is 6.48. The van der Waals surface area contributed by atoms with Crippen molar-refractivity contribution in [2.75, 3.05) is 25.0 Å². The second kappa shape index (κ2) is 8.24. The lowest BCUT2D eigenvalue weighted by atomic mass is 9.74. The SMILES string of the molecule is Cn1nc(-c2ccco2)cc1[C@H]1CN2CC[C@H]1C[C@@H]2CNC(=S)Nc1ccccc1. The number of thiocarbonyl (C=S) groups is 1. The van der Waals surface area contributed by atoms with Gasteiger partial charge in [0.2, 0.25) is 0 Å². The fourth-order valence-corrected chi connectivity index (χ4v) is 5.17. The van der Waals surface area contributed by atoms with Gasteiger partial charge in [-0.1, -0.05) is 18.2 Å². The first-order chi connectivity index (χ1) is 14.7. The molecule has 6 nitrogen and oxygen atoms in total. The Morgan fingerprint density at radius 1 is 1.23 bits per heavy atom. The Balaban J connectivity index is 1.21. The van der Waals surface area contributed by atoms with Crippen LogP contribution >= 0.6 is 12.2 Å². The molecular weight excluding hydrogens is 394 g/mol. The van der Waals surface area contributed by atoms with Crippen LogP contribution in [-0.4, -0.2) is 45.5 Å². The van der Waals surface area contributed by atoms with E-state index in [1.807, 2.05) is 54.2 Å². The zero-order valence-electron chi connectivity index (χ0n) is 17.1. The predicted octanol–water partition coefficient (Wildman–Crippen LogP) is 3.84. The molecule has 0 saturated carbocycles. The molecule has 2 N–H and O–H groups in total. The quantitative estimate of drug-likeness (QED) is 0.611. The minimum Gasteiger partial charge on any atom is -0.463 e. The Labute approximate surface area is 182 Å². The van der Waals surface area contributed by atoms with E-state index in [2.05, 4.69) is 21.6 Å². The standard InChI is InChI=1S/C23H27N5OS/c1-27-21(13-20(26-27)22-8-5-11-29-22)19-15-28-10-9-16(19)12-18(28)14-24-23(30)25-17-6-3-2-4-7-17/h2-8,11,13,16,18-19H,9-10,12,14-15H2,1H3,(H2,24,25,30)/t16-,18+,19-/m0/s1. The van der Waals surface area contributed by atoms with Crippen LogP contribution in [0, 0.1) is 5.92 Å². The summed E-state index contributed by atoms with van der Waals surface area (Å²) in [6.45, 7) is 3.12. The number of anilines is 1. The van der Waals surface area contributed by atoms with Crippen molar-refractivity contribution in [2.45, 2.75) is 24.8 Å². The van der Waals surface area contributed by atoms with Gasteiger partial charge in [0.05, 0.1) is 6.26 Å². The van der Waals surface area contributed by atoms with E-state index in [9.17, 15) is 0 Å². The highest BCUT2D eigenvalue weighted by atomic mass is 32.1. The summed E-state index contributed by atoms with van der Waals surface area (Å²) in [5.41, 5.74) is 3.25. The summed E-state index contributed by atoms with van der Waals surface area (Å²) in [4.78, 5) is 2.61. The van der Waals surface area contributed by atoms with E-state index >= 15 is 0 Å². The molecule has 3 aliphatic rings. The van der Waals surface area contributed by atoms with E-state index in [1.54, 1.807) is 6.26 Å². The van der Waals surface area contributed by atoms with Gasteiger partial charge < -0.3 is 15.1 Å². The molecule has 7 heteroatoms. The average Bonchev–Trinajstić information content (AvgIpc) is 3.43. The molecule has 0 amide bonds. The largest absolute Gasteiger partial charge is 0.463 e. The zero-order valence-corrected chi connectivity index (χ0v) is 17.9. The van der Waals surface area contributed by atoms with E-state index in [1.165, 1.54) is 18.5 Å². The number of aryl methyl sites for hydroxylation is 1. The number of aromatic nitrogens is 2. The number of para-hydroxylation sites is 1. The number of hydrogen-bond acceptors (Lipinski definition) is 4. The molecule has 3 saturated heterocycles. The van der Waals surface area contributed by atoms with E-state index in [0.717, 1.165) is 36.8 Å². The van der Waals surface area contributed by atoms with Crippen molar-refractivity contribution in [1.82, 2.24) is 20.0 Å². The van der Waals surface area contributed by atoms with Crippen molar-refractivity contribution in [1.29, 1.82) is 0 Å². The molecular formula is C23H27N5OS. The van der Waals surface area contributed by atoms with Gasteiger partial charge in [0, 0.05) is 43.5 Å². The van der Waals surface area contributed by atoms with E-state index in [-0.39, 0.29) is 0 Å². The van der Waals surface area contributed by atoms with Crippen LogP contribution in [0.25, 0.3) is 11.5 Å². The minimum absolute atomic E-state index is 0.519. The maximum absolute atomic E-state index is 5.54. The number of fused-ring (bicyclic) bond motifs is 3. The number of nitrogens with zero attached hydrogens (tertiary/aromatic N) is 3. The first kappa shape index (κ1) is 19.3. The average molecular weight is 422 g/mol. The smallest absolute Gasteiger partial charge is 0.170 e. The van der Waals surface area contributed by atoms with Crippen molar-refractivity contribution in [3.63, 3.8) is 0 Å². The monoisotopic (exact) mass is 421 g/mol. The topological polar surface area (TPSA) is 58.3 Å². The lowest BCUT2D eigenvalue weighted by Crippen LogP contribution is -2.56. The molecule has 0 aliphatic carbocycles. The van der Waals surface area contributed by atoms with Crippen LogP contribution in [-0.2, 0) is 7.05 Å². The van der Waals surface area contributed by atoms with Gasteiger partial charge in [-0.25, -0.2) is 0 Å². The number of nitrogens with one attached hydrogen (secondary N) is 2. The molecule has 3 fully saturated rings. The van der Waals surface area contributed by atoms with Gasteiger partial charge in [0.1, 0.15) is 5.69 Å². The number of rotatable bonds is 5. The van der Waals surface area contributed by atoms with E-state index in [0.29, 0.717) is 23.0 Å². The highest BCUT2D eigenvalue weighted by Gasteiger charge is 2.41. The fourth-order valence-electron chi connectivity index (χ4n) is 4.97. The predicted molar refractivity (Wildman–Crippen MR) is 122 cm³/mol. The molecule has 30 heavy (non-hydrogen) atoms. The Hall–Kier alpha value is -2.64. The molecule has 1 aromatic carbocycles. The molecule has 6 rings (SSSR count). The molecule has 3 aromatic rings. The molecule has 0 radical (unpaired) electrons. The first-order valence-electron chi connectivity index (χ1n) is 10.6. The Morgan fingerprint density at radius 3 is 2.83 bits per heavy atom. The van der Waals surface area contributed by atoms with Gasteiger partial charge in [-0.3, -0.25) is 9.58 Å². The maximum Gasteiger partial charge on any atom is 0.170 e. The number of hydrogen-bond donors (Lipinski definition) is 2. The van der Waals surface area contributed by atoms with Crippen molar-refractivity contribution in [2.24, 2.45) is 13.0 Å². The lowest BCUT2D eigenvalue weighted by molar-refractivity contribution is 0.0303. The van der Waals surface area contributed by atoms with Crippen molar-refractivity contribution >= 4 is 23.0 Å². The van der Waals surface area contributed by atoms with Crippen LogP contribution in [0.4, 0.5) is 5.69 Å². The number of benzene rings is 1. The normalized spacial score (nSPS) is 25.2. The second-order valence-corrected chi connectivity index (χ2v) is 8.70. The zero-order chi connectivity index (χ0) is 20.5. The summed E-state index contributed by atoms with van der Waals surface area (Å²) in [7, 11) is 2.05.